The van der Waals surface area contributed by atoms with E-state index in [1.807, 2.05) is 45.0 Å². The molecular formula is C20H23N3OS. The first-order valence-electron chi connectivity index (χ1n) is 8.39. The molecule has 0 spiro atoms. The molecule has 0 aliphatic carbocycles. The molecule has 1 unspecified atom stereocenters. The summed E-state index contributed by atoms with van der Waals surface area (Å²) in [6.07, 6.45) is 1.86. The molecule has 2 aromatic rings. The number of rotatable bonds is 6. The van der Waals surface area contributed by atoms with Crippen molar-refractivity contribution < 1.29 is 4.79 Å². The van der Waals surface area contributed by atoms with Crippen LogP contribution in [0.25, 0.3) is 0 Å². The third kappa shape index (κ3) is 5.07. The van der Waals surface area contributed by atoms with Crippen molar-refractivity contribution in [1.29, 1.82) is 5.26 Å². The number of aryl methyl sites for hydroxylation is 3. The number of hydrogen-bond donors (Lipinski definition) is 1. The number of carbonyl (C=O) groups is 1. The fraction of sp³-hybridized carbons (Fsp3) is 0.350. The van der Waals surface area contributed by atoms with Crippen LogP contribution in [0.4, 0.5) is 5.69 Å². The third-order valence-electron chi connectivity index (χ3n) is 3.98. The molecule has 1 aromatic carbocycles. The zero-order valence-corrected chi connectivity index (χ0v) is 15.9. The van der Waals surface area contributed by atoms with Gasteiger partial charge in [0.15, 0.2) is 0 Å². The van der Waals surface area contributed by atoms with Crippen LogP contribution in [0.2, 0.25) is 0 Å². The summed E-state index contributed by atoms with van der Waals surface area (Å²) in [6.45, 7) is 7.98. The number of hydrogen-bond acceptors (Lipinski definition) is 4. The standard InChI is InChI=1S/C20H23N3OS/c1-5-6-17-10-8-16(12-21)20(23-17)25-15(4)19(24)22-18-9-7-13(2)14(3)11-18/h7-11,15H,5-6H2,1-4H3,(H,22,24). The summed E-state index contributed by atoms with van der Waals surface area (Å²) < 4.78 is 0. The van der Waals surface area contributed by atoms with Crippen LogP contribution in [0.15, 0.2) is 35.4 Å². The molecule has 1 aromatic heterocycles. The smallest absolute Gasteiger partial charge is 0.237 e. The Bertz CT molecular complexity index is 811. The van der Waals surface area contributed by atoms with Crippen molar-refractivity contribution in [1.82, 2.24) is 4.98 Å². The summed E-state index contributed by atoms with van der Waals surface area (Å²) in [5.74, 6) is -0.0974. The molecule has 0 radical (unpaired) electrons. The summed E-state index contributed by atoms with van der Waals surface area (Å²) >= 11 is 1.32. The minimum Gasteiger partial charge on any atom is -0.325 e. The Balaban J connectivity index is 2.11. The van der Waals surface area contributed by atoms with Crippen LogP contribution in [-0.2, 0) is 11.2 Å². The average molecular weight is 353 g/mol. The summed E-state index contributed by atoms with van der Waals surface area (Å²) in [5, 5.41) is 12.5. The summed E-state index contributed by atoms with van der Waals surface area (Å²) in [7, 11) is 0. The fourth-order valence-corrected chi connectivity index (χ4v) is 3.24. The van der Waals surface area contributed by atoms with E-state index in [4.69, 9.17) is 0 Å². The van der Waals surface area contributed by atoms with Crippen LogP contribution in [0, 0.1) is 25.2 Å². The Kier molecular flexibility index (Phi) is 6.60. The van der Waals surface area contributed by atoms with Crippen LogP contribution in [0.5, 0.6) is 0 Å². The minimum absolute atomic E-state index is 0.0974. The van der Waals surface area contributed by atoms with Crippen molar-refractivity contribution in [2.45, 2.75) is 50.8 Å². The second kappa shape index (κ2) is 8.68. The van der Waals surface area contributed by atoms with Gasteiger partial charge in [-0.1, -0.05) is 31.2 Å². The van der Waals surface area contributed by atoms with Crippen LogP contribution in [0.1, 0.15) is 42.7 Å². The van der Waals surface area contributed by atoms with Gasteiger partial charge in [-0.2, -0.15) is 5.26 Å². The highest BCUT2D eigenvalue weighted by Crippen LogP contribution is 2.26. The fourth-order valence-electron chi connectivity index (χ4n) is 2.33. The van der Waals surface area contributed by atoms with Crippen LogP contribution < -0.4 is 5.32 Å². The Morgan fingerprint density at radius 3 is 2.68 bits per heavy atom. The maximum atomic E-state index is 12.5. The average Bonchev–Trinajstić information content (AvgIpc) is 2.58. The first kappa shape index (κ1) is 19.0. The lowest BCUT2D eigenvalue weighted by Crippen LogP contribution is -2.22. The second-order valence-electron chi connectivity index (χ2n) is 6.07. The summed E-state index contributed by atoms with van der Waals surface area (Å²) in [4.78, 5) is 17.0. The molecule has 0 aliphatic rings. The molecule has 1 heterocycles. The van der Waals surface area contributed by atoms with Gasteiger partial charge < -0.3 is 5.32 Å². The van der Waals surface area contributed by atoms with E-state index in [-0.39, 0.29) is 11.2 Å². The van der Waals surface area contributed by atoms with Gasteiger partial charge in [0.2, 0.25) is 5.91 Å². The molecule has 2 rings (SSSR count). The van der Waals surface area contributed by atoms with Crippen LogP contribution in [0.3, 0.4) is 0 Å². The van der Waals surface area contributed by atoms with Gasteiger partial charge in [0.05, 0.1) is 10.8 Å². The van der Waals surface area contributed by atoms with E-state index in [2.05, 4.69) is 23.3 Å². The number of nitriles is 1. The number of pyridine rings is 1. The predicted octanol–water partition coefficient (Wildman–Crippen LogP) is 4.64. The third-order valence-corrected chi connectivity index (χ3v) is 5.08. The normalized spacial score (nSPS) is 11.6. The van der Waals surface area contributed by atoms with Gasteiger partial charge in [0.1, 0.15) is 11.1 Å². The number of aromatic nitrogens is 1. The number of anilines is 1. The highest BCUT2D eigenvalue weighted by Gasteiger charge is 2.18. The van der Waals surface area contributed by atoms with E-state index in [0.29, 0.717) is 10.6 Å². The van der Waals surface area contributed by atoms with Crippen molar-refractivity contribution in [3.05, 3.63) is 52.7 Å². The maximum absolute atomic E-state index is 12.5. The molecule has 0 saturated heterocycles. The minimum atomic E-state index is -0.349. The monoisotopic (exact) mass is 353 g/mol. The van der Waals surface area contributed by atoms with Crippen LogP contribution in [-0.4, -0.2) is 16.1 Å². The first-order valence-corrected chi connectivity index (χ1v) is 9.27. The van der Waals surface area contributed by atoms with Gasteiger partial charge >= 0.3 is 0 Å². The van der Waals surface area contributed by atoms with E-state index in [1.165, 1.54) is 17.3 Å². The highest BCUT2D eigenvalue weighted by atomic mass is 32.2. The number of nitrogens with one attached hydrogen (secondary N) is 1. The zero-order valence-electron chi connectivity index (χ0n) is 15.1. The van der Waals surface area contributed by atoms with Gasteiger partial charge in [-0.3, -0.25) is 4.79 Å². The predicted molar refractivity (Wildman–Crippen MR) is 103 cm³/mol. The van der Waals surface area contributed by atoms with Gasteiger partial charge in [0, 0.05) is 11.4 Å². The number of carbonyl (C=O) groups excluding carboxylic acids is 1. The lowest BCUT2D eigenvalue weighted by molar-refractivity contribution is -0.115. The topological polar surface area (TPSA) is 65.8 Å². The molecule has 0 fully saturated rings. The number of thioether (sulfide) groups is 1. The summed E-state index contributed by atoms with van der Waals surface area (Å²) in [5.41, 5.74) is 4.57. The largest absolute Gasteiger partial charge is 0.325 e. The molecule has 0 bridgehead atoms. The Labute approximate surface area is 153 Å². The number of benzene rings is 1. The molecule has 1 atom stereocenters. The maximum Gasteiger partial charge on any atom is 0.237 e. The summed E-state index contributed by atoms with van der Waals surface area (Å²) in [6, 6.07) is 11.7. The van der Waals surface area contributed by atoms with Crippen molar-refractivity contribution in [2.24, 2.45) is 0 Å². The quantitative estimate of drug-likeness (QED) is 0.768. The molecule has 4 nitrogen and oxygen atoms in total. The van der Waals surface area contributed by atoms with Crippen molar-refractivity contribution >= 4 is 23.4 Å². The van der Waals surface area contributed by atoms with E-state index in [0.717, 1.165) is 29.8 Å². The Morgan fingerprint density at radius 1 is 1.28 bits per heavy atom. The lowest BCUT2D eigenvalue weighted by Gasteiger charge is -2.14. The van der Waals surface area contributed by atoms with Gasteiger partial charge in [-0.05, 0) is 62.6 Å². The molecule has 1 N–H and O–H groups in total. The van der Waals surface area contributed by atoms with Gasteiger partial charge in [-0.15, -0.1) is 0 Å². The molecule has 130 valence electrons. The lowest BCUT2D eigenvalue weighted by atomic mass is 10.1. The van der Waals surface area contributed by atoms with Gasteiger partial charge in [0.25, 0.3) is 0 Å². The van der Waals surface area contributed by atoms with E-state index >= 15 is 0 Å². The number of amides is 1. The molecule has 0 saturated carbocycles. The highest BCUT2D eigenvalue weighted by molar-refractivity contribution is 8.00. The van der Waals surface area contributed by atoms with Crippen molar-refractivity contribution in [2.75, 3.05) is 5.32 Å². The molecule has 25 heavy (non-hydrogen) atoms. The molecule has 1 amide bonds. The van der Waals surface area contributed by atoms with Crippen molar-refractivity contribution in [3.63, 3.8) is 0 Å². The van der Waals surface area contributed by atoms with Crippen molar-refractivity contribution in [3.8, 4) is 6.07 Å². The molecule has 5 heteroatoms. The van der Waals surface area contributed by atoms with E-state index in [9.17, 15) is 10.1 Å². The van der Waals surface area contributed by atoms with E-state index < -0.39 is 0 Å². The first-order chi connectivity index (χ1) is 11.9. The van der Waals surface area contributed by atoms with Crippen LogP contribution >= 0.6 is 11.8 Å². The van der Waals surface area contributed by atoms with Gasteiger partial charge in [-0.25, -0.2) is 4.98 Å². The zero-order chi connectivity index (χ0) is 18.4. The van der Waals surface area contributed by atoms with E-state index in [1.54, 1.807) is 6.07 Å². The molecule has 0 aliphatic heterocycles. The Morgan fingerprint density at radius 2 is 2.04 bits per heavy atom. The SMILES string of the molecule is CCCc1ccc(C#N)c(SC(C)C(=O)Nc2ccc(C)c(C)c2)n1. The Hall–Kier alpha value is -2.32. The molecular weight excluding hydrogens is 330 g/mol. The second-order valence-corrected chi connectivity index (χ2v) is 7.39. The number of nitrogens with zero attached hydrogens (tertiary/aromatic N) is 2.